The van der Waals surface area contributed by atoms with E-state index in [9.17, 15) is 0 Å². The van der Waals surface area contributed by atoms with E-state index < -0.39 is 21.3 Å². The van der Waals surface area contributed by atoms with E-state index in [4.69, 9.17) is 0 Å². The molecule has 0 fully saturated rings. The summed E-state index contributed by atoms with van der Waals surface area (Å²) in [5.41, 5.74) is 18.0. The van der Waals surface area contributed by atoms with Crippen LogP contribution in [0.2, 0.25) is 3.63 Å². The molecule has 3 aromatic carbocycles. The quantitative estimate of drug-likeness (QED) is 0.289. The SMILES string of the molecule is CC1=CC(C)[C]([Zr+2](=[CH]c2ccccc2)[CH]2C=C(C)c3cc4c(cc3C2(C)C)Cc2cc3c(cc2-4)C(C)=CCC3(C)C)=C1.[Cl-].[Cl-]. The van der Waals surface area contributed by atoms with Crippen LogP contribution in [0.3, 0.4) is 0 Å². The van der Waals surface area contributed by atoms with Crippen LogP contribution in [0, 0.1) is 5.92 Å². The summed E-state index contributed by atoms with van der Waals surface area (Å²) in [6, 6.07) is 21.4. The molecular weight excluding hydrogens is 655 g/mol. The molecule has 3 heteroatoms. The number of hydrogen-bond acceptors (Lipinski definition) is 0. The van der Waals surface area contributed by atoms with Crippen LogP contribution in [0.5, 0.6) is 0 Å². The fraction of sp³-hybridized carbons (Fsp3) is 0.341. The zero-order valence-electron chi connectivity index (χ0n) is 27.4. The Labute approximate surface area is 285 Å². The third-order valence-corrected chi connectivity index (χ3v) is 19.2. The summed E-state index contributed by atoms with van der Waals surface area (Å²) in [6.45, 7) is 19.3. The number of benzene rings is 3. The molecule has 0 saturated carbocycles. The second kappa shape index (κ2) is 12.0. The van der Waals surface area contributed by atoms with Crippen molar-refractivity contribution in [1.82, 2.24) is 0 Å². The summed E-state index contributed by atoms with van der Waals surface area (Å²) in [4.78, 5) is 0. The van der Waals surface area contributed by atoms with Crippen LogP contribution in [0.25, 0.3) is 22.3 Å². The summed E-state index contributed by atoms with van der Waals surface area (Å²) >= 11 is -2.31. The molecule has 0 aromatic heterocycles. The Balaban J connectivity index is 0.00000192. The molecule has 4 aliphatic carbocycles. The fourth-order valence-corrected chi connectivity index (χ4v) is 17.1. The summed E-state index contributed by atoms with van der Waals surface area (Å²) < 4.78 is 5.06. The van der Waals surface area contributed by atoms with E-state index in [-0.39, 0.29) is 35.6 Å². The average Bonchev–Trinajstić information content (AvgIpc) is 3.48. The molecule has 0 radical (unpaired) electrons. The number of allylic oxidation sites excluding steroid dienone is 8. The largest absolute Gasteiger partial charge is 1.00 e. The van der Waals surface area contributed by atoms with Gasteiger partial charge < -0.3 is 24.8 Å². The van der Waals surface area contributed by atoms with E-state index in [0.717, 1.165) is 12.8 Å². The molecule has 0 aliphatic heterocycles. The van der Waals surface area contributed by atoms with Gasteiger partial charge in [0.2, 0.25) is 0 Å². The Hall–Kier alpha value is -2.05. The second-order valence-electron chi connectivity index (χ2n) is 14.6. The van der Waals surface area contributed by atoms with Gasteiger partial charge in [-0.15, -0.1) is 0 Å². The van der Waals surface area contributed by atoms with E-state index in [1.165, 1.54) is 61.2 Å². The Morgan fingerprint density at radius 1 is 0.750 bits per heavy atom. The summed E-state index contributed by atoms with van der Waals surface area (Å²) in [5, 5.41) is 0. The second-order valence-corrected chi connectivity index (χ2v) is 20.5. The monoisotopic (exact) mass is 696 g/mol. The molecule has 0 N–H and O–H groups in total. The van der Waals surface area contributed by atoms with Gasteiger partial charge >= 0.3 is 263 Å². The van der Waals surface area contributed by atoms with Crippen molar-refractivity contribution in [3.05, 3.63) is 127 Å². The van der Waals surface area contributed by atoms with Crippen LogP contribution in [-0.4, -0.2) is 3.71 Å². The molecule has 0 heterocycles. The van der Waals surface area contributed by atoms with E-state index in [2.05, 4.69) is 138 Å². The average molecular weight is 699 g/mol. The molecule has 0 saturated heterocycles. The molecule has 0 nitrogen and oxygen atoms in total. The van der Waals surface area contributed by atoms with Gasteiger partial charge in [0.1, 0.15) is 0 Å². The maximum absolute atomic E-state index is 2.74. The van der Waals surface area contributed by atoms with Crippen molar-refractivity contribution >= 4 is 14.9 Å². The maximum Gasteiger partial charge on any atom is -1.00 e. The molecule has 2 unspecified atom stereocenters. The van der Waals surface area contributed by atoms with Crippen LogP contribution in [0.4, 0.5) is 0 Å². The van der Waals surface area contributed by atoms with Gasteiger partial charge in [-0.2, -0.15) is 0 Å². The standard InChI is InChI=1S/C27H29.C7H9.C7H6.2ClH.Zr/c1-16-7-9-26(3,4)24-12-18-11-19-13-25-21(17(2)8-10-27(25,5)6)15-23(19)22(18)14-20(16)24;1-6-3-4-7(2)5-6;1-7-5-3-2-4-6-7;;;/h7-9,12-15H,10-11H2,1-6H3;3,5,7H,1-2H3;1-6H;2*1H;/q;;;;;+2/p-2. The number of hydrogen-bond donors (Lipinski definition) is 0. The number of fused-ring (bicyclic) bond motifs is 5. The van der Waals surface area contributed by atoms with Gasteiger partial charge in [-0.25, -0.2) is 0 Å². The molecule has 44 heavy (non-hydrogen) atoms. The third-order valence-electron chi connectivity index (χ3n) is 10.7. The van der Waals surface area contributed by atoms with Crippen LogP contribution in [-0.2, 0) is 38.5 Å². The Morgan fingerprint density at radius 3 is 1.98 bits per heavy atom. The van der Waals surface area contributed by atoms with Crippen molar-refractivity contribution in [2.75, 3.05) is 0 Å². The molecule has 226 valence electrons. The van der Waals surface area contributed by atoms with E-state index in [0.29, 0.717) is 9.54 Å². The van der Waals surface area contributed by atoms with Crippen molar-refractivity contribution in [3.8, 4) is 11.1 Å². The molecule has 0 amide bonds. The minimum atomic E-state index is -2.31. The van der Waals surface area contributed by atoms with Gasteiger partial charge in [0, 0.05) is 0 Å². The van der Waals surface area contributed by atoms with E-state index in [1.54, 1.807) is 8.84 Å². The van der Waals surface area contributed by atoms with Gasteiger partial charge in [-0.05, 0) is 0 Å². The summed E-state index contributed by atoms with van der Waals surface area (Å²) in [5.74, 6) is 0.549. The molecule has 7 rings (SSSR count). The zero-order valence-corrected chi connectivity index (χ0v) is 31.4. The molecule has 4 aliphatic rings. The Morgan fingerprint density at radius 2 is 1.36 bits per heavy atom. The minimum absolute atomic E-state index is 0. The minimum Gasteiger partial charge on any atom is -1.00 e. The van der Waals surface area contributed by atoms with Crippen molar-refractivity contribution in [2.45, 2.75) is 82.7 Å². The first-order valence-electron chi connectivity index (χ1n) is 15.8. The summed E-state index contributed by atoms with van der Waals surface area (Å²) in [7, 11) is 0. The van der Waals surface area contributed by atoms with Crippen molar-refractivity contribution < 1.29 is 46.1 Å². The van der Waals surface area contributed by atoms with Crippen LogP contribution in [0.1, 0.15) is 101 Å². The molecule has 0 spiro atoms. The maximum atomic E-state index is 2.74. The molecular formula is C41H44Cl2Zr. The van der Waals surface area contributed by atoms with Gasteiger partial charge in [-0.3, -0.25) is 0 Å². The first kappa shape index (κ1) is 33.3. The topological polar surface area (TPSA) is 0 Å². The first-order chi connectivity index (χ1) is 19.9. The van der Waals surface area contributed by atoms with Crippen molar-refractivity contribution in [3.63, 3.8) is 0 Å². The van der Waals surface area contributed by atoms with Gasteiger partial charge in [0.15, 0.2) is 0 Å². The zero-order chi connectivity index (χ0) is 29.6. The predicted octanol–water partition coefficient (Wildman–Crippen LogP) is 4.78. The van der Waals surface area contributed by atoms with Crippen LogP contribution in [0.15, 0.2) is 87.8 Å². The van der Waals surface area contributed by atoms with Gasteiger partial charge in [0.05, 0.1) is 0 Å². The van der Waals surface area contributed by atoms with Crippen LogP contribution >= 0.6 is 0 Å². The van der Waals surface area contributed by atoms with Gasteiger partial charge in [-0.1, -0.05) is 0 Å². The Kier molecular flexibility index (Phi) is 9.05. The fourth-order valence-electron chi connectivity index (χ4n) is 8.19. The number of halogens is 2. The van der Waals surface area contributed by atoms with Gasteiger partial charge in [0.25, 0.3) is 0 Å². The Bertz CT molecular complexity index is 1810. The first-order valence-corrected chi connectivity index (χ1v) is 19.9. The molecule has 0 bridgehead atoms. The predicted molar refractivity (Wildman–Crippen MR) is 179 cm³/mol. The van der Waals surface area contributed by atoms with E-state index >= 15 is 0 Å². The van der Waals surface area contributed by atoms with E-state index in [1.807, 2.05) is 0 Å². The smallest absolute Gasteiger partial charge is 1.00 e. The normalized spacial score (nSPS) is 21.7. The van der Waals surface area contributed by atoms with Crippen molar-refractivity contribution in [2.24, 2.45) is 5.92 Å². The molecule has 2 atom stereocenters. The molecule has 3 aromatic rings. The number of rotatable bonds is 3. The van der Waals surface area contributed by atoms with Crippen molar-refractivity contribution in [1.29, 1.82) is 0 Å². The van der Waals surface area contributed by atoms with Crippen LogP contribution < -0.4 is 24.8 Å². The summed E-state index contributed by atoms with van der Waals surface area (Å²) in [6.07, 6.45) is 12.4. The third kappa shape index (κ3) is 5.40.